The zero-order chi connectivity index (χ0) is 11.2. The molecule has 0 saturated heterocycles. The van der Waals surface area contributed by atoms with Gasteiger partial charge in [0.1, 0.15) is 11.3 Å². The molecule has 2 aromatic rings. The third-order valence-electron chi connectivity index (χ3n) is 3.35. The lowest BCUT2D eigenvalue weighted by Gasteiger charge is -2.11. The minimum Gasteiger partial charge on any atom is -0.311 e. The van der Waals surface area contributed by atoms with Crippen molar-refractivity contribution < 1.29 is 0 Å². The van der Waals surface area contributed by atoms with Crippen molar-refractivity contribution in [3.8, 4) is 0 Å². The summed E-state index contributed by atoms with van der Waals surface area (Å²) in [5.41, 5.74) is 2.35. The highest BCUT2D eigenvalue weighted by atomic mass is 35.5. The number of hydrogen-bond acceptors (Lipinski definition) is 2. The van der Waals surface area contributed by atoms with Gasteiger partial charge in [-0.1, -0.05) is 6.92 Å². The lowest BCUT2D eigenvalue weighted by Crippen LogP contribution is -2.11. The molecule has 16 heavy (non-hydrogen) atoms. The van der Waals surface area contributed by atoms with Crippen LogP contribution < -0.4 is 0 Å². The number of aromatic nitrogens is 3. The van der Waals surface area contributed by atoms with Crippen molar-refractivity contribution in [3.63, 3.8) is 0 Å². The van der Waals surface area contributed by atoms with E-state index in [1.54, 1.807) is 0 Å². The van der Waals surface area contributed by atoms with Crippen LogP contribution in [0.3, 0.4) is 0 Å². The fourth-order valence-electron chi connectivity index (χ4n) is 2.03. The van der Waals surface area contributed by atoms with E-state index in [1.807, 2.05) is 18.3 Å². The number of fused-ring (bicyclic) bond motifs is 1. The predicted molar refractivity (Wildman–Crippen MR) is 64.4 cm³/mol. The van der Waals surface area contributed by atoms with Crippen LogP contribution >= 0.6 is 11.6 Å². The zero-order valence-electron chi connectivity index (χ0n) is 9.28. The Balaban J connectivity index is 2.11. The van der Waals surface area contributed by atoms with Gasteiger partial charge in [0.15, 0.2) is 5.65 Å². The molecular formula is C12H14ClN3. The summed E-state index contributed by atoms with van der Waals surface area (Å²) in [5, 5.41) is 0. The van der Waals surface area contributed by atoms with E-state index in [9.17, 15) is 0 Å². The van der Waals surface area contributed by atoms with Crippen LogP contribution in [-0.2, 0) is 12.4 Å². The van der Waals surface area contributed by atoms with Crippen LogP contribution in [0.2, 0.25) is 0 Å². The van der Waals surface area contributed by atoms with Gasteiger partial charge in [0.2, 0.25) is 0 Å². The molecule has 0 unspecified atom stereocenters. The Labute approximate surface area is 99.5 Å². The van der Waals surface area contributed by atoms with Crippen molar-refractivity contribution >= 4 is 22.8 Å². The molecule has 0 atom stereocenters. The Morgan fingerprint density at radius 1 is 1.50 bits per heavy atom. The summed E-state index contributed by atoms with van der Waals surface area (Å²) < 4.78 is 2.18. The molecule has 0 spiro atoms. The first-order valence-corrected chi connectivity index (χ1v) is 6.11. The molecular weight excluding hydrogens is 222 g/mol. The molecule has 3 nitrogen and oxygen atoms in total. The fraction of sp³-hybridized carbons (Fsp3) is 0.500. The number of halogens is 1. The summed E-state index contributed by atoms with van der Waals surface area (Å²) in [5.74, 6) is 1.38. The van der Waals surface area contributed by atoms with E-state index < -0.39 is 0 Å². The highest BCUT2D eigenvalue weighted by molar-refractivity contribution is 6.16. The maximum atomic E-state index is 5.94. The number of nitrogens with zero attached hydrogens (tertiary/aromatic N) is 3. The summed E-state index contributed by atoms with van der Waals surface area (Å²) in [7, 11) is 0. The summed E-state index contributed by atoms with van der Waals surface area (Å²) in [6.07, 6.45) is 4.40. The second kappa shape index (κ2) is 3.45. The third-order valence-corrected chi connectivity index (χ3v) is 3.58. The third kappa shape index (κ3) is 1.59. The van der Waals surface area contributed by atoms with Crippen molar-refractivity contribution in [2.45, 2.75) is 32.2 Å². The molecule has 1 aliphatic rings. The topological polar surface area (TPSA) is 30.7 Å². The molecule has 1 fully saturated rings. The molecule has 3 rings (SSSR count). The maximum absolute atomic E-state index is 5.94. The van der Waals surface area contributed by atoms with Crippen LogP contribution in [0.15, 0.2) is 18.3 Å². The van der Waals surface area contributed by atoms with Gasteiger partial charge in [-0.2, -0.15) is 0 Å². The number of hydrogen-bond donors (Lipinski definition) is 0. The number of rotatable bonds is 3. The summed E-state index contributed by atoms with van der Waals surface area (Å²) in [6.45, 7) is 3.29. The molecule has 0 N–H and O–H groups in total. The van der Waals surface area contributed by atoms with Crippen molar-refractivity contribution in [2.75, 3.05) is 0 Å². The average Bonchev–Trinajstić information content (AvgIpc) is 2.91. The van der Waals surface area contributed by atoms with Gasteiger partial charge in [-0.05, 0) is 30.4 Å². The Morgan fingerprint density at radius 2 is 2.31 bits per heavy atom. The van der Waals surface area contributed by atoms with Gasteiger partial charge in [-0.15, -0.1) is 11.6 Å². The SMILES string of the molecule is CC1(Cn2c(CCl)nc3cccnc32)CC1. The van der Waals surface area contributed by atoms with E-state index >= 15 is 0 Å². The lowest BCUT2D eigenvalue weighted by atomic mass is 10.1. The van der Waals surface area contributed by atoms with Crippen LogP contribution in [0.5, 0.6) is 0 Å². The van der Waals surface area contributed by atoms with E-state index in [4.69, 9.17) is 11.6 Å². The van der Waals surface area contributed by atoms with Crippen molar-refractivity contribution in [1.82, 2.24) is 14.5 Å². The minimum atomic E-state index is 0.436. The Bertz CT molecular complexity index is 528. The number of imidazole rings is 1. The fourth-order valence-corrected chi connectivity index (χ4v) is 2.23. The van der Waals surface area contributed by atoms with Crippen molar-refractivity contribution in [3.05, 3.63) is 24.2 Å². The minimum absolute atomic E-state index is 0.436. The molecule has 2 aromatic heterocycles. The maximum Gasteiger partial charge on any atom is 0.160 e. The molecule has 0 amide bonds. The molecule has 4 heteroatoms. The Hall–Kier alpha value is -1.09. The smallest absolute Gasteiger partial charge is 0.160 e. The molecule has 2 heterocycles. The van der Waals surface area contributed by atoms with Gasteiger partial charge in [-0.3, -0.25) is 0 Å². The van der Waals surface area contributed by atoms with E-state index in [0.717, 1.165) is 23.5 Å². The predicted octanol–water partition coefficient (Wildman–Crippen LogP) is 2.97. The molecule has 1 aliphatic carbocycles. The normalized spacial score (nSPS) is 17.9. The molecule has 0 aromatic carbocycles. The zero-order valence-corrected chi connectivity index (χ0v) is 10.0. The Morgan fingerprint density at radius 3 is 3.00 bits per heavy atom. The highest BCUT2D eigenvalue weighted by Gasteiger charge is 2.38. The second-order valence-electron chi connectivity index (χ2n) is 4.90. The van der Waals surface area contributed by atoms with Crippen LogP contribution in [0, 0.1) is 5.41 Å². The van der Waals surface area contributed by atoms with E-state index in [1.165, 1.54) is 12.8 Å². The summed E-state index contributed by atoms with van der Waals surface area (Å²) in [6, 6.07) is 3.90. The van der Waals surface area contributed by atoms with Crippen LogP contribution in [-0.4, -0.2) is 14.5 Å². The van der Waals surface area contributed by atoms with E-state index in [2.05, 4.69) is 21.5 Å². The van der Waals surface area contributed by atoms with Crippen LogP contribution in [0.1, 0.15) is 25.6 Å². The van der Waals surface area contributed by atoms with Gasteiger partial charge in [-0.25, -0.2) is 9.97 Å². The lowest BCUT2D eigenvalue weighted by molar-refractivity contribution is 0.463. The van der Waals surface area contributed by atoms with Gasteiger partial charge < -0.3 is 4.57 Å². The largest absolute Gasteiger partial charge is 0.311 e. The molecule has 84 valence electrons. The number of alkyl halides is 1. The van der Waals surface area contributed by atoms with Crippen molar-refractivity contribution in [2.24, 2.45) is 5.41 Å². The van der Waals surface area contributed by atoms with Gasteiger partial charge in [0.25, 0.3) is 0 Å². The van der Waals surface area contributed by atoms with Gasteiger partial charge >= 0.3 is 0 Å². The Kier molecular flexibility index (Phi) is 2.18. The number of pyridine rings is 1. The average molecular weight is 236 g/mol. The van der Waals surface area contributed by atoms with Gasteiger partial charge in [0.05, 0.1) is 5.88 Å². The van der Waals surface area contributed by atoms with Crippen LogP contribution in [0.4, 0.5) is 0 Å². The van der Waals surface area contributed by atoms with E-state index in [0.29, 0.717) is 11.3 Å². The van der Waals surface area contributed by atoms with Crippen LogP contribution in [0.25, 0.3) is 11.2 Å². The first kappa shape index (κ1) is 10.1. The molecule has 0 aliphatic heterocycles. The molecule has 0 radical (unpaired) electrons. The molecule has 0 bridgehead atoms. The standard InChI is InChI=1S/C12H14ClN3/c1-12(4-5-12)8-16-10(7-13)15-9-3-2-6-14-11(9)16/h2-3,6H,4-5,7-8H2,1H3. The highest BCUT2D eigenvalue weighted by Crippen LogP contribution is 2.47. The first-order chi connectivity index (χ1) is 7.72. The van der Waals surface area contributed by atoms with Crippen molar-refractivity contribution in [1.29, 1.82) is 0 Å². The monoisotopic (exact) mass is 235 g/mol. The summed E-state index contributed by atoms with van der Waals surface area (Å²) >= 11 is 5.94. The summed E-state index contributed by atoms with van der Waals surface area (Å²) in [4.78, 5) is 8.92. The second-order valence-corrected chi connectivity index (χ2v) is 5.17. The quantitative estimate of drug-likeness (QED) is 0.766. The molecule has 1 saturated carbocycles. The van der Waals surface area contributed by atoms with Gasteiger partial charge in [0, 0.05) is 12.7 Å². The van der Waals surface area contributed by atoms with E-state index in [-0.39, 0.29) is 0 Å². The first-order valence-electron chi connectivity index (χ1n) is 5.58.